The second-order valence-electron chi connectivity index (χ2n) is 12.8. The van der Waals surface area contributed by atoms with Gasteiger partial charge >= 0.3 is 18.2 Å². The third-order valence-electron chi connectivity index (χ3n) is 7.87. The van der Waals surface area contributed by atoms with Crippen LogP contribution in [-0.4, -0.2) is 55.4 Å². The van der Waals surface area contributed by atoms with Gasteiger partial charge in [-0.2, -0.15) is 13.2 Å². The number of aromatic nitrogens is 2. The maximum absolute atomic E-state index is 13.9. The first kappa shape index (κ1) is 35.7. The van der Waals surface area contributed by atoms with Crippen LogP contribution in [0.4, 0.5) is 23.9 Å². The van der Waals surface area contributed by atoms with E-state index in [4.69, 9.17) is 9.47 Å². The lowest BCUT2D eigenvalue weighted by molar-refractivity contribution is -0.190. The normalized spacial score (nSPS) is 15.0. The quantitative estimate of drug-likeness (QED) is 0.209. The first-order valence-corrected chi connectivity index (χ1v) is 16.5. The van der Waals surface area contributed by atoms with Gasteiger partial charge in [-0.05, 0) is 102 Å². The van der Waals surface area contributed by atoms with Crippen molar-refractivity contribution in [1.29, 1.82) is 0 Å². The van der Waals surface area contributed by atoms with E-state index in [9.17, 15) is 31.2 Å². The number of halogens is 3. The first-order valence-electron chi connectivity index (χ1n) is 15.0. The molecule has 254 valence electrons. The van der Waals surface area contributed by atoms with Crippen LogP contribution >= 0.6 is 0 Å². The van der Waals surface area contributed by atoms with Crippen molar-refractivity contribution in [2.75, 3.05) is 11.8 Å². The zero-order valence-electron chi connectivity index (χ0n) is 27.1. The van der Waals surface area contributed by atoms with Gasteiger partial charge in [0.15, 0.2) is 0 Å². The van der Waals surface area contributed by atoms with E-state index in [1.54, 1.807) is 26.8 Å². The number of amides is 1. The number of carbonyl (C=O) groups excluding carboxylic acids is 2. The number of hydrogen-bond acceptors (Lipinski definition) is 8. The molecule has 47 heavy (non-hydrogen) atoms. The molecule has 1 aromatic heterocycles. The second kappa shape index (κ2) is 13.5. The number of esters is 1. The van der Waals surface area contributed by atoms with Crippen LogP contribution in [0.5, 0.6) is 0 Å². The van der Waals surface area contributed by atoms with E-state index >= 15 is 0 Å². The smallest absolute Gasteiger partial charge is 0.407 e. The van der Waals surface area contributed by atoms with E-state index < -0.39 is 45.3 Å². The Morgan fingerprint density at radius 3 is 2.21 bits per heavy atom. The average Bonchev–Trinajstić information content (AvgIpc) is 3.75. The highest BCUT2D eigenvalue weighted by molar-refractivity contribution is 7.92. The summed E-state index contributed by atoms with van der Waals surface area (Å²) >= 11 is 0. The number of benzene rings is 2. The minimum Gasteiger partial charge on any atom is -0.465 e. The molecule has 0 aliphatic heterocycles. The lowest BCUT2D eigenvalue weighted by Gasteiger charge is -2.28. The monoisotopic (exact) mass is 676 g/mol. The molecule has 1 aliphatic carbocycles. The van der Waals surface area contributed by atoms with Crippen LogP contribution < -0.4 is 10.0 Å². The number of carbonyl (C=O) groups is 2. The molecular formula is C33H39F3N4O6S. The number of sulfonamides is 1. The van der Waals surface area contributed by atoms with Crippen molar-refractivity contribution < 1.29 is 40.7 Å². The van der Waals surface area contributed by atoms with Crippen LogP contribution in [0.1, 0.15) is 73.6 Å². The average molecular weight is 677 g/mol. The minimum atomic E-state index is -4.43. The van der Waals surface area contributed by atoms with Gasteiger partial charge in [0, 0.05) is 17.3 Å². The molecule has 10 nitrogen and oxygen atoms in total. The first-order chi connectivity index (χ1) is 21.8. The van der Waals surface area contributed by atoms with E-state index in [1.807, 2.05) is 32.0 Å². The van der Waals surface area contributed by atoms with Gasteiger partial charge in [-0.1, -0.05) is 24.3 Å². The molecule has 14 heteroatoms. The predicted octanol–water partition coefficient (Wildman–Crippen LogP) is 6.91. The number of nitrogens with one attached hydrogen (secondary N) is 2. The van der Waals surface area contributed by atoms with Crippen molar-refractivity contribution in [3.63, 3.8) is 0 Å². The standard InChI is InChI=1S/C33H39F3N4O6S/c1-20-9-7-10-21(2)27(20)26-18-23(37-29(39-26)40-47(43,44)25-12-8-11-22(17-25)28(41)45-6)13-14-24(38-30(42)46-31(3,4)5)19-32(15-16-32)33(34,35)36/h7-12,17-18,24H,13-16,19H2,1-6H3,(H,38,42)(H,37,39,40)/t24-/m0/s1. The van der Waals surface area contributed by atoms with Gasteiger partial charge in [-0.25, -0.2) is 32.7 Å². The molecular weight excluding hydrogens is 637 g/mol. The van der Waals surface area contributed by atoms with Crippen LogP contribution in [-0.2, 0) is 25.9 Å². The number of hydrogen-bond donors (Lipinski definition) is 2. The molecule has 0 bridgehead atoms. The SMILES string of the molecule is COC(=O)c1cccc(S(=O)(=O)Nc2nc(CC[C@@H](CC3(C(F)(F)F)CC3)NC(=O)OC(C)(C)C)cc(-c3c(C)cccc3C)n2)c1. The molecule has 1 aliphatic rings. The number of alkyl carbamates (subject to hydrolysis) is 1. The number of aryl methyl sites for hydroxylation is 3. The largest absolute Gasteiger partial charge is 0.465 e. The van der Waals surface area contributed by atoms with Crippen LogP contribution in [0.2, 0.25) is 0 Å². The molecule has 2 N–H and O–H groups in total. The summed E-state index contributed by atoms with van der Waals surface area (Å²) in [5.41, 5.74) is 0.480. The molecule has 0 radical (unpaired) electrons. The van der Waals surface area contributed by atoms with Crippen LogP contribution in [0.25, 0.3) is 11.3 Å². The third-order valence-corrected chi connectivity index (χ3v) is 9.20. The maximum atomic E-state index is 13.9. The number of rotatable bonds is 11. The van der Waals surface area contributed by atoms with Crippen molar-refractivity contribution in [3.8, 4) is 11.3 Å². The Labute approximate surface area is 272 Å². The number of alkyl halides is 3. The zero-order chi connectivity index (χ0) is 34.8. The summed E-state index contributed by atoms with van der Waals surface area (Å²) in [6.07, 6.45) is -5.51. The Hall–Kier alpha value is -4.20. The van der Waals surface area contributed by atoms with Gasteiger partial charge in [-0.3, -0.25) is 0 Å². The number of ether oxygens (including phenoxy) is 2. The van der Waals surface area contributed by atoms with E-state index in [0.717, 1.165) is 22.8 Å². The highest BCUT2D eigenvalue weighted by Crippen LogP contribution is 2.60. The Balaban J connectivity index is 1.69. The molecule has 4 rings (SSSR count). The summed E-state index contributed by atoms with van der Waals surface area (Å²) in [7, 11) is -3.11. The van der Waals surface area contributed by atoms with E-state index in [0.29, 0.717) is 11.4 Å². The highest BCUT2D eigenvalue weighted by atomic mass is 32.2. The second-order valence-corrected chi connectivity index (χ2v) is 14.5. The van der Waals surface area contributed by atoms with E-state index in [-0.39, 0.29) is 48.5 Å². The van der Waals surface area contributed by atoms with Crippen molar-refractivity contribution in [2.45, 2.75) is 89.4 Å². The Kier molecular flexibility index (Phi) is 10.2. The van der Waals surface area contributed by atoms with E-state index in [1.165, 1.54) is 25.3 Å². The fraction of sp³-hybridized carbons (Fsp3) is 0.455. The molecule has 1 atom stereocenters. The van der Waals surface area contributed by atoms with Crippen LogP contribution in [0, 0.1) is 19.3 Å². The summed E-state index contributed by atoms with van der Waals surface area (Å²) < 4.78 is 81.0. The Morgan fingerprint density at radius 2 is 1.64 bits per heavy atom. The van der Waals surface area contributed by atoms with Crippen molar-refractivity contribution in [1.82, 2.24) is 15.3 Å². The molecule has 1 amide bonds. The summed E-state index contributed by atoms with van der Waals surface area (Å²) in [6, 6.07) is 11.6. The summed E-state index contributed by atoms with van der Waals surface area (Å²) in [6.45, 7) is 8.72. The number of anilines is 1. The summed E-state index contributed by atoms with van der Waals surface area (Å²) in [4.78, 5) is 33.3. The van der Waals surface area contributed by atoms with E-state index in [2.05, 4.69) is 20.0 Å². The van der Waals surface area contributed by atoms with Crippen LogP contribution in [0.15, 0.2) is 53.4 Å². The summed E-state index contributed by atoms with van der Waals surface area (Å²) in [5.74, 6) is -0.986. The van der Waals surface area contributed by atoms with Gasteiger partial charge in [0.05, 0.1) is 28.7 Å². The number of methoxy groups -OCH3 is 1. The molecule has 2 aromatic carbocycles. The topological polar surface area (TPSA) is 137 Å². The lowest BCUT2D eigenvalue weighted by atomic mass is 9.92. The van der Waals surface area contributed by atoms with Gasteiger partial charge in [0.2, 0.25) is 5.95 Å². The van der Waals surface area contributed by atoms with Crippen molar-refractivity contribution in [3.05, 3.63) is 70.9 Å². The fourth-order valence-corrected chi connectivity index (χ4v) is 6.34. The van der Waals surface area contributed by atoms with Crippen molar-refractivity contribution >= 4 is 28.0 Å². The Bertz CT molecular complexity index is 1730. The lowest BCUT2D eigenvalue weighted by Crippen LogP contribution is -2.42. The Morgan fingerprint density at radius 1 is 1.00 bits per heavy atom. The molecule has 1 saturated carbocycles. The third kappa shape index (κ3) is 8.99. The van der Waals surface area contributed by atoms with Crippen molar-refractivity contribution in [2.24, 2.45) is 5.41 Å². The molecule has 3 aromatic rings. The maximum Gasteiger partial charge on any atom is 0.407 e. The van der Waals surface area contributed by atoms with Gasteiger partial charge in [0.25, 0.3) is 10.0 Å². The molecule has 0 unspecified atom stereocenters. The van der Waals surface area contributed by atoms with Gasteiger partial charge in [-0.15, -0.1) is 0 Å². The molecule has 1 heterocycles. The molecule has 0 spiro atoms. The highest BCUT2D eigenvalue weighted by Gasteiger charge is 2.63. The van der Waals surface area contributed by atoms with Gasteiger partial charge in [0.1, 0.15) is 5.60 Å². The number of nitrogens with zero attached hydrogens (tertiary/aromatic N) is 2. The predicted molar refractivity (Wildman–Crippen MR) is 169 cm³/mol. The summed E-state index contributed by atoms with van der Waals surface area (Å²) in [5, 5.41) is 2.62. The molecule has 1 fully saturated rings. The molecule has 0 saturated heterocycles. The fourth-order valence-electron chi connectivity index (χ4n) is 5.35. The minimum absolute atomic E-state index is 0.0251. The van der Waals surface area contributed by atoms with Gasteiger partial charge < -0.3 is 14.8 Å². The zero-order valence-corrected chi connectivity index (χ0v) is 27.9. The van der Waals surface area contributed by atoms with Crippen LogP contribution in [0.3, 0.4) is 0 Å².